The first kappa shape index (κ1) is 12.0. The van der Waals surface area contributed by atoms with Crippen molar-refractivity contribution in [3.63, 3.8) is 0 Å². The second kappa shape index (κ2) is 3.80. The average molecular weight is 250 g/mol. The minimum atomic E-state index is -1.43. The molecule has 94 valence electrons. The fraction of sp³-hybridized carbons (Fsp3) is 0.273. The van der Waals surface area contributed by atoms with E-state index in [1.807, 2.05) is 0 Å². The van der Waals surface area contributed by atoms with Crippen molar-refractivity contribution in [2.24, 2.45) is 10.4 Å². The molecular formula is C11H10N2O5. The highest BCUT2D eigenvalue weighted by molar-refractivity contribution is 6.16. The van der Waals surface area contributed by atoms with E-state index in [1.165, 1.54) is 19.2 Å². The van der Waals surface area contributed by atoms with E-state index in [4.69, 9.17) is 5.11 Å². The highest BCUT2D eigenvalue weighted by Crippen LogP contribution is 2.39. The van der Waals surface area contributed by atoms with Gasteiger partial charge in [-0.25, -0.2) is 9.79 Å². The largest absolute Gasteiger partial charge is 0.480 e. The Morgan fingerprint density at radius 2 is 2.17 bits per heavy atom. The van der Waals surface area contributed by atoms with Crippen LogP contribution in [0.25, 0.3) is 0 Å². The molecule has 2 aliphatic heterocycles. The molecule has 1 unspecified atom stereocenters. The van der Waals surface area contributed by atoms with Crippen LogP contribution in [0.3, 0.4) is 0 Å². The van der Waals surface area contributed by atoms with Gasteiger partial charge in [-0.15, -0.1) is 0 Å². The fourth-order valence-electron chi connectivity index (χ4n) is 2.08. The van der Waals surface area contributed by atoms with Crippen LogP contribution >= 0.6 is 0 Å². The molecule has 2 N–H and O–H groups in total. The van der Waals surface area contributed by atoms with Gasteiger partial charge in [0.05, 0.1) is 6.54 Å². The molecule has 2 rings (SSSR count). The van der Waals surface area contributed by atoms with Gasteiger partial charge >= 0.3 is 12.1 Å². The highest BCUT2D eigenvalue weighted by atomic mass is 16.4. The number of fused-ring (bicyclic) bond motifs is 1. The molecule has 1 atom stereocenters. The van der Waals surface area contributed by atoms with Crippen molar-refractivity contribution in [2.75, 3.05) is 6.54 Å². The Balaban J connectivity index is 2.62. The maximum absolute atomic E-state index is 11.3. The number of rotatable bonds is 2. The van der Waals surface area contributed by atoms with Gasteiger partial charge in [-0.2, -0.15) is 0 Å². The number of hydrogen-bond donors (Lipinski definition) is 2. The van der Waals surface area contributed by atoms with Crippen molar-refractivity contribution in [2.45, 2.75) is 6.92 Å². The average Bonchev–Trinajstić information content (AvgIpc) is 2.69. The predicted octanol–water partition coefficient (Wildman–Crippen LogP) is 0.492. The summed E-state index contributed by atoms with van der Waals surface area (Å²) in [6.07, 6.45) is 1.79. The number of aliphatic carboxylic acids is 1. The van der Waals surface area contributed by atoms with Crippen LogP contribution in [0.4, 0.5) is 4.79 Å². The minimum Gasteiger partial charge on any atom is -0.480 e. The summed E-state index contributed by atoms with van der Waals surface area (Å²) in [5, 5.41) is 18.3. The van der Waals surface area contributed by atoms with Gasteiger partial charge in [0.2, 0.25) is 0 Å². The third-order valence-corrected chi connectivity index (χ3v) is 3.07. The van der Waals surface area contributed by atoms with E-state index in [9.17, 15) is 19.5 Å². The Bertz CT molecular complexity index is 546. The van der Waals surface area contributed by atoms with Crippen LogP contribution < -0.4 is 0 Å². The van der Waals surface area contributed by atoms with E-state index in [-0.39, 0.29) is 23.5 Å². The first-order chi connectivity index (χ1) is 8.41. The lowest BCUT2D eigenvalue weighted by Gasteiger charge is -2.27. The molecule has 18 heavy (non-hydrogen) atoms. The maximum atomic E-state index is 11.3. The first-order valence-corrected chi connectivity index (χ1v) is 5.10. The normalized spacial score (nSPS) is 25.8. The number of aldehydes is 1. The molecule has 2 aliphatic rings. The molecule has 2 heterocycles. The summed E-state index contributed by atoms with van der Waals surface area (Å²) < 4.78 is 0. The van der Waals surface area contributed by atoms with Crippen LogP contribution in [0.5, 0.6) is 0 Å². The molecular weight excluding hydrogens is 240 g/mol. The molecule has 0 saturated carbocycles. The minimum absolute atomic E-state index is 0.0111. The number of amides is 1. The molecule has 7 heteroatoms. The van der Waals surface area contributed by atoms with E-state index in [2.05, 4.69) is 4.99 Å². The lowest BCUT2D eigenvalue weighted by atomic mass is 9.79. The maximum Gasteiger partial charge on any atom is 0.413 e. The van der Waals surface area contributed by atoms with Gasteiger partial charge in [0.1, 0.15) is 17.5 Å². The van der Waals surface area contributed by atoms with Crippen molar-refractivity contribution < 1.29 is 24.6 Å². The lowest BCUT2D eigenvalue weighted by molar-refractivity contribution is -0.143. The van der Waals surface area contributed by atoms with Crippen LogP contribution in [0.15, 0.2) is 28.4 Å². The summed E-state index contributed by atoms with van der Waals surface area (Å²) in [4.78, 5) is 38.1. The van der Waals surface area contributed by atoms with E-state index >= 15 is 0 Å². The number of amidine groups is 1. The summed E-state index contributed by atoms with van der Waals surface area (Å²) in [5.74, 6) is -1.15. The Labute approximate surface area is 102 Å². The Hall–Kier alpha value is -2.44. The van der Waals surface area contributed by atoms with E-state index in [0.717, 1.165) is 4.90 Å². The number of carboxylic acid groups (broad SMARTS) is 2. The Morgan fingerprint density at radius 3 is 2.67 bits per heavy atom. The van der Waals surface area contributed by atoms with E-state index < -0.39 is 17.5 Å². The number of aliphatic imine (C=N–C) groups is 1. The summed E-state index contributed by atoms with van der Waals surface area (Å²) >= 11 is 0. The quantitative estimate of drug-likeness (QED) is 0.693. The van der Waals surface area contributed by atoms with Gasteiger partial charge in [0, 0.05) is 17.3 Å². The molecule has 1 amide bonds. The molecule has 0 fully saturated rings. The summed E-state index contributed by atoms with van der Waals surface area (Å²) in [6.45, 7) is 1.24. The number of nitrogens with zero attached hydrogens (tertiary/aromatic N) is 2. The highest BCUT2D eigenvalue weighted by Gasteiger charge is 2.47. The van der Waals surface area contributed by atoms with Crippen molar-refractivity contribution in [3.05, 3.63) is 23.4 Å². The molecule has 0 radical (unpaired) electrons. The van der Waals surface area contributed by atoms with Crippen molar-refractivity contribution in [1.29, 1.82) is 0 Å². The standard InChI is InChI=1S/C11H10N2O5/c1-11(9(15)16)2-3-12-8-7(11)6(5-14)4-13(8)10(17)18/h2-3,5H,4H2,1H3,(H,15,16)(H,17,18). The number of carboxylic acids is 1. The molecule has 7 nitrogen and oxygen atoms in total. The molecule has 0 saturated heterocycles. The molecule has 0 aliphatic carbocycles. The Morgan fingerprint density at radius 1 is 1.50 bits per heavy atom. The van der Waals surface area contributed by atoms with Crippen molar-refractivity contribution in [3.8, 4) is 0 Å². The van der Waals surface area contributed by atoms with Crippen LogP contribution in [-0.2, 0) is 9.59 Å². The second-order valence-corrected chi connectivity index (χ2v) is 4.16. The van der Waals surface area contributed by atoms with Crippen molar-refractivity contribution >= 4 is 24.2 Å². The summed E-state index contributed by atoms with van der Waals surface area (Å²) in [6, 6.07) is 0. The fourth-order valence-corrected chi connectivity index (χ4v) is 2.08. The third kappa shape index (κ3) is 1.44. The monoisotopic (exact) mass is 250 g/mol. The molecule has 0 aromatic rings. The summed E-state index contributed by atoms with van der Waals surface area (Å²) in [5.41, 5.74) is -1.15. The zero-order chi connectivity index (χ0) is 13.5. The van der Waals surface area contributed by atoms with Crippen molar-refractivity contribution in [1.82, 2.24) is 4.90 Å². The zero-order valence-corrected chi connectivity index (χ0v) is 9.45. The molecule has 0 aromatic carbocycles. The molecule has 0 aromatic heterocycles. The van der Waals surface area contributed by atoms with Gasteiger partial charge in [-0.05, 0) is 13.0 Å². The lowest BCUT2D eigenvalue weighted by Crippen LogP contribution is -2.39. The number of carbonyl (C=O) groups is 3. The first-order valence-electron chi connectivity index (χ1n) is 5.10. The van der Waals surface area contributed by atoms with E-state index in [0.29, 0.717) is 6.29 Å². The van der Waals surface area contributed by atoms with Gasteiger partial charge in [0.15, 0.2) is 0 Å². The molecule has 0 spiro atoms. The Kier molecular flexibility index (Phi) is 2.54. The SMILES string of the molecule is CC1(C(=O)O)C=CN=C2C1=C(C=O)CN2C(=O)O. The van der Waals surface area contributed by atoms with Gasteiger partial charge in [0.25, 0.3) is 0 Å². The van der Waals surface area contributed by atoms with Crippen LogP contribution in [0, 0.1) is 5.41 Å². The number of hydrogen-bond acceptors (Lipinski definition) is 4. The van der Waals surface area contributed by atoms with Gasteiger partial charge in [-0.1, -0.05) is 0 Å². The van der Waals surface area contributed by atoms with Crippen LogP contribution in [-0.4, -0.2) is 45.8 Å². The van der Waals surface area contributed by atoms with E-state index in [1.54, 1.807) is 0 Å². The van der Waals surface area contributed by atoms with Crippen LogP contribution in [0.1, 0.15) is 6.92 Å². The zero-order valence-electron chi connectivity index (χ0n) is 9.45. The second-order valence-electron chi connectivity index (χ2n) is 4.16. The van der Waals surface area contributed by atoms with Gasteiger partial charge in [-0.3, -0.25) is 14.5 Å². The third-order valence-electron chi connectivity index (χ3n) is 3.07. The topological polar surface area (TPSA) is 107 Å². The molecule has 0 bridgehead atoms. The number of carbonyl (C=O) groups excluding carboxylic acids is 1. The smallest absolute Gasteiger partial charge is 0.413 e. The summed E-state index contributed by atoms with van der Waals surface area (Å²) in [7, 11) is 0. The predicted molar refractivity (Wildman–Crippen MR) is 60.1 cm³/mol. The van der Waals surface area contributed by atoms with Crippen LogP contribution in [0.2, 0.25) is 0 Å². The van der Waals surface area contributed by atoms with Gasteiger partial charge < -0.3 is 10.2 Å².